The van der Waals surface area contributed by atoms with Crippen LogP contribution in [0.2, 0.25) is 0 Å². The number of ether oxygens (including phenoxy) is 1. The van der Waals surface area contributed by atoms with Crippen molar-refractivity contribution in [1.82, 2.24) is 10.2 Å². The van der Waals surface area contributed by atoms with E-state index >= 15 is 0 Å². The van der Waals surface area contributed by atoms with Crippen molar-refractivity contribution in [3.05, 3.63) is 29.8 Å². The minimum atomic E-state index is -0.00898. The Bertz CT molecular complexity index is 444. The molecule has 0 aliphatic carbocycles. The molecular weight excluding hydrogens is 270 g/mol. The molecule has 1 fully saturated rings. The van der Waals surface area contributed by atoms with Crippen LogP contribution in [-0.2, 0) is 0 Å². The predicted molar refractivity (Wildman–Crippen MR) is 86.2 cm³/mol. The lowest BCUT2D eigenvalue weighted by Crippen LogP contribution is -2.39. The van der Waals surface area contributed by atoms with Crippen LogP contribution in [0.15, 0.2) is 24.3 Å². The quantitative estimate of drug-likeness (QED) is 0.810. The zero-order valence-electron chi connectivity index (χ0n) is 12.0. The van der Waals surface area contributed by atoms with E-state index in [-0.39, 0.29) is 6.04 Å². The van der Waals surface area contributed by atoms with Crippen LogP contribution < -0.4 is 15.8 Å². The zero-order chi connectivity index (χ0) is 14.4. The van der Waals surface area contributed by atoms with Crippen LogP contribution in [-0.4, -0.2) is 42.7 Å². The SMILES string of the molecule is CCOc1cccc(C(C(N)=S)N2CCCNCC2)c1. The summed E-state index contributed by atoms with van der Waals surface area (Å²) < 4.78 is 5.57. The number of nitrogens with zero attached hydrogens (tertiary/aromatic N) is 1. The van der Waals surface area contributed by atoms with E-state index in [2.05, 4.69) is 16.3 Å². The molecule has 1 aromatic rings. The van der Waals surface area contributed by atoms with Crippen molar-refractivity contribution < 1.29 is 4.74 Å². The summed E-state index contributed by atoms with van der Waals surface area (Å²) in [5.41, 5.74) is 7.12. The number of hydrogen-bond donors (Lipinski definition) is 2. The van der Waals surface area contributed by atoms with Gasteiger partial charge in [-0.15, -0.1) is 0 Å². The summed E-state index contributed by atoms with van der Waals surface area (Å²) >= 11 is 5.31. The molecule has 0 spiro atoms. The van der Waals surface area contributed by atoms with Crippen LogP contribution in [0, 0.1) is 0 Å². The summed E-state index contributed by atoms with van der Waals surface area (Å²) in [5.74, 6) is 0.874. The molecule has 1 saturated heterocycles. The molecule has 5 heteroatoms. The Balaban J connectivity index is 2.22. The first-order valence-corrected chi connectivity index (χ1v) is 7.60. The summed E-state index contributed by atoms with van der Waals surface area (Å²) in [6.45, 7) is 6.64. The standard InChI is InChI=1S/C15H23N3OS/c1-2-19-13-6-3-5-12(11-13)14(15(16)20)18-9-4-7-17-8-10-18/h3,5-6,11,14,17H,2,4,7-10H2,1H3,(H2,16,20). The third-order valence-corrected chi connectivity index (χ3v) is 3.72. The third kappa shape index (κ3) is 3.91. The van der Waals surface area contributed by atoms with Gasteiger partial charge in [-0.2, -0.15) is 0 Å². The van der Waals surface area contributed by atoms with Gasteiger partial charge in [0.2, 0.25) is 0 Å². The van der Waals surface area contributed by atoms with E-state index in [0.29, 0.717) is 11.6 Å². The Morgan fingerprint density at radius 3 is 3.05 bits per heavy atom. The van der Waals surface area contributed by atoms with Crippen molar-refractivity contribution in [2.45, 2.75) is 19.4 Å². The fourth-order valence-electron chi connectivity index (χ4n) is 2.62. The maximum Gasteiger partial charge on any atom is 0.119 e. The van der Waals surface area contributed by atoms with Crippen LogP contribution in [0.4, 0.5) is 0 Å². The highest BCUT2D eigenvalue weighted by molar-refractivity contribution is 7.80. The molecule has 20 heavy (non-hydrogen) atoms. The fourth-order valence-corrected chi connectivity index (χ4v) is 2.91. The van der Waals surface area contributed by atoms with E-state index in [9.17, 15) is 0 Å². The summed E-state index contributed by atoms with van der Waals surface area (Å²) in [6, 6.07) is 8.08. The van der Waals surface area contributed by atoms with Crippen LogP contribution >= 0.6 is 12.2 Å². The predicted octanol–water partition coefficient (Wildman–Crippen LogP) is 1.71. The lowest BCUT2D eigenvalue weighted by atomic mass is 10.0. The number of rotatable bonds is 5. The Kier molecular flexibility index (Phi) is 5.76. The van der Waals surface area contributed by atoms with E-state index in [1.807, 2.05) is 25.1 Å². The molecule has 0 aromatic heterocycles. The van der Waals surface area contributed by atoms with Crippen molar-refractivity contribution in [3.8, 4) is 5.75 Å². The third-order valence-electron chi connectivity index (χ3n) is 3.49. The number of hydrogen-bond acceptors (Lipinski definition) is 4. The monoisotopic (exact) mass is 293 g/mol. The van der Waals surface area contributed by atoms with E-state index in [1.165, 1.54) is 0 Å². The van der Waals surface area contributed by atoms with Gasteiger partial charge in [-0.25, -0.2) is 0 Å². The first-order valence-electron chi connectivity index (χ1n) is 7.19. The van der Waals surface area contributed by atoms with Gasteiger partial charge in [-0.05, 0) is 37.6 Å². The Morgan fingerprint density at radius 1 is 1.45 bits per heavy atom. The Morgan fingerprint density at radius 2 is 2.30 bits per heavy atom. The van der Waals surface area contributed by atoms with Gasteiger partial charge < -0.3 is 15.8 Å². The van der Waals surface area contributed by atoms with Gasteiger partial charge in [0.25, 0.3) is 0 Å². The van der Waals surface area contributed by atoms with Gasteiger partial charge in [0, 0.05) is 19.6 Å². The summed E-state index contributed by atoms with van der Waals surface area (Å²) in [4.78, 5) is 2.88. The minimum absolute atomic E-state index is 0.00898. The van der Waals surface area contributed by atoms with E-state index in [0.717, 1.165) is 43.9 Å². The number of benzene rings is 1. The highest BCUT2D eigenvalue weighted by Crippen LogP contribution is 2.25. The molecule has 1 aromatic carbocycles. The average molecular weight is 293 g/mol. The van der Waals surface area contributed by atoms with E-state index < -0.39 is 0 Å². The maximum absolute atomic E-state index is 6.00. The van der Waals surface area contributed by atoms with Crippen molar-refractivity contribution in [2.75, 3.05) is 32.8 Å². The highest BCUT2D eigenvalue weighted by Gasteiger charge is 2.24. The second kappa shape index (κ2) is 7.57. The molecule has 0 amide bonds. The topological polar surface area (TPSA) is 50.5 Å². The van der Waals surface area contributed by atoms with Gasteiger partial charge in [-0.1, -0.05) is 24.4 Å². The minimum Gasteiger partial charge on any atom is -0.494 e. The van der Waals surface area contributed by atoms with Gasteiger partial charge in [0.1, 0.15) is 5.75 Å². The summed E-state index contributed by atoms with van der Waals surface area (Å²) in [7, 11) is 0. The second-order valence-corrected chi connectivity index (χ2v) is 5.42. The second-order valence-electron chi connectivity index (χ2n) is 4.95. The van der Waals surface area contributed by atoms with E-state index in [1.54, 1.807) is 0 Å². The smallest absolute Gasteiger partial charge is 0.119 e. The lowest BCUT2D eigenvalue weighted by molar-refractivity contribution is 0.260. The van der Waals surface area contributed by atoms with Crippen LogP contribution in [0.3, 0.4) is 0 Å². The largest absolute Gasteiger partial charge is 0.494 e. The molecule has 0 saturated carbocycles. The molecular formula is C15H23N3OS. The van der Waals surface area contributed by atoms with Crippen LogP contribution in [0.1, 0.15) is 24.9 Å². The molecule has 1 aliphatic rings. The number of thiocarbonyl (C=S) groups is 1. The molecule has 4 nitrogen and oxygen atoms in total. The Labute approximate surface area is 126 Å². The molecule has 1 atom stereocenters. The van der Waals surface area contributed by atoms with Gasteiger partial charge >= 0.3 is 0 Å². The van der Waals surface area contributed by atoms with Gasteiger partial charge in [0.05, 0.1) is 17.6 Å². The van der Waals surface area contributed by atoms with Crippen molar-refractivity contribution in [2.24, 2.45) is 5.73 Å². The normalized spacial score (nSPS) is 18.2. The van der Waals surface area contributed by atoms with Crippen molar-refractivity contribution >= 4 is 17.2 Å². The molecule has 3 N–H and O–H groups in total. The van der Waals surface area contributed by atoms with Gasteiger partial charge in [-0.3, -0.25) is 4.90 Å². The zero-order valence-corrected chi connectivity index (χ0v) is 12.8. The van der Waals surface area contributed by atoms with Crippen LogP contribution in [0.5, 0.6) is 5.75 Å². The lowest BCUT2D eigenvalue weighted by Gasteiger charge is -2.30. The molecule has 2 rings (SSSR count). The molecule has 1 aliphatic heterocycles. The fraction of sp³-hybridized carbons (Fsp3) is 0.533. The number of nitrogens with one attached hydrogen (secondary N) is 1. The first-order chi connectivity index (χ1) is 9.72. The molecule has 0 bridgehead atoms. The first kappa shape index (κ1) is 15.2. The molecule has 1 heterocycles. The summed E-state index contributed by atoms with van der Waals surface area (Å²) in [6.07, 6.45) is 1.12. The maximum atomic E-state index is 6.00. The highest BCUT2D eigenvalue weighted by atomic mass is 32.1. The molecule has 0 radical (unpaired) electrons. The summed E-state index contributed by atoms with van der Waals surface area (Å²) in [5, 5.41) is 3.40. The number of nitrogens with two attached hydrogens (primary N) is 1. The molecule has 1 unspecified atom stereocenters. The van der Waals surface area contributed by atoms with Crippen molar-refractivity contribution in [3.63, 3.8) is 0 Å². The van der Waals surface area contributed by atoms with Gasteiger partial charge in [0.15, 0.2) is 0 Å². The van der Waals surface area contributed by atoms with Crippen LogP contribution in [0.25, 0.3) is 0 Å². The van der Waals surface area contributed by atoms with E-state index in [4.69, 9.17) is 22.7 Å². The van der Waals surface area contributed by atoms with Crippen molar-refractivity contribution in [1.29, 1.82) is 0 Å². The average Bonchev–Trinajstić information content (AvgIpc) is 2.68. The Hall–Kier alpha value is -1.17. The molecule has 110 valence electrons.